The lowest BCUT2D eigenvalue weighted by Crippen LogP contribution is -2.04. The van der Waals surface area contributed by atoms with E-state index in [1.54, 1.807) is 6.08 Å². The highest BCUT2D eigenvalue weighted by molar-refractivity contribution is 5.47. The molecule has 0 atom stereocenters. The van der Waals surface area contributed by atoms with Gasteiger partial charge in [0.25, 0.3) is 5.95 Å². The van der Waals surface area contributed by atoms with Gasteiger partial charge >= 0.3 is 0 Å². The molecule has 0 saturated carbocycles. The summed E-state index contributed by atoms with van der Waals surface area (Å²) < 4.78 is 0. The molecule has 0 radical (unpaired) electrons. The molecule has 5 heteroatoms. The molecule has 1 aromatic carbocycles. The molecule has 0 fully saturated rings. The highest BCUT2D eigenvalue weighted by atomic mass is 15.6. The predicted molar refractivity (Wildman–Crippen MR) is 57.9 cm³/mol. The monoisotopic (exact) mass is 201 g/mol. The van der Waals surface area contributed by atoms with Gasteiger partial charge in [0.05, 0.1) is 6.54 Å². The molecule has 0 amide bonds. The van der Waals surface area contributed by atoms with Crippen molar-refractivity contribution in [3.05, 3.63) is 42.0 Å². The van der Waals surface area contributed by atoms with Crippen LogP contribution in [0.15, 0.2) is 30.8 Å². The number of hydrogen-bond donors (Lipinski definition) is 1. The van der Waals surface area contributed by atoms with Crippen LogP contribution in [-0.2, 0) is 6.54 Å². The van der Waals surface area contributed by atoms with Crippen LogP contribution in [-0.4, -0.2) is 20.2 Å². The van der Waals surface area contributed by atoms with Crippen LogP contribution >= 0.6 is 0 Å². The van der Waals surface area contributed by atoms with E-state index in [1.807, 2.05) is 24.3 Å². The number of anilines is 1. The van der Waals surface area contributed by atoms with Crippen LogP contribution in [0.5, 0.6) is 0 Å². The summed E-state index contributed by atoms with van der Waals surface area (Å²) >= 11 is 0. The van der Waals surface area contributed by atoms with E-state index in [9.17, 15) is 0 Å². The minimum Gasteiger partial charge on any atom is -0.365 e. The van der Waals surface area contributed by atoms with E-state index in [-0.39, 0.29) is 5.95 Å². The van der Waals surface area contributed by atoms with Gasteiger partial charge in [-0.1, -0.05) is 36.0 Å². The summed E-state index contributed by atoms with van der Waals surface area (Å²) in [6, 6.07) is 7.96. The molecule has 76 valence electrons. The van der Waals surface area contributed by atoms with Crippen molar-refractivity contribution in [2.24, 2.45) is 0 Å². The third-order valence-electron chi connectivity index (χ3n) is 1.98. The van der Waals surface area contributed by atoms with Crippen LogP contribution in [0.1, 0.15) is 11.1 Å². The zero-order valence-corrected chi connectivity index (χ0v) is 8.17. The Balaban J connectivity index is 2.20. The second-order valence-corrected chi connectivity index (χ2v) is 3.13. The lowest BCUT2D eigenvalue weighted by Gasteiger charge is -2.00. The number of nitrogen functional groups attached to an aromatic ring is 1. The number of nitrogens with zero attached hydrogens (tertiary/aromatic N) is 4. The fourth-order valence-electron chi connectivity index (χ4n) is 1.30. The van der Waals surface area contributed by atoms with Crippen molar-refractivity contribution >= 4 is 12.0 Å². The maximum atomic E-state index is 5.37. The van der Waals surface area contributed by atoms with Crippen molar-refractivity contribution < 1.29 is 0 Å². The van der Waals surface area contributed by atoms with Crippen molar-refractivity contribution in [2.75, 3.05) is 5.73 Å². The van der Waals surface area contributed by atoms with Gasteiger partial charge in [0, 0.05) is 0 Å². The number of aromatic nitrogens is 4. The van der Waals surface area contributed by atoms with Gasteiger partial charge in [0.1, 0.15) is 0 Å². The second kappa shape index (κ2) is 3.91. The number of benzene rings is 1. The van der Waals surface area contributed by atoms with Gasteiger partial charge in [0.15, 0.2) is 0 Å². The van der Waals surface area contributed by atoms with Crippen LogP contribution in [0.4, 0.5) is 5.95 Å². The van der Waals surface area contributed by atoms with Gasteiger partial charge in [-0.25, -0.2) is 0 Å². The SMILES string of the molecule is C=Cc1cccc(Cn2nnc(N)n2)c1. The van der Waals surface area contributed by atoms with E-state index in [1.165, 1.54) is 4.80 Å². The number of rotatable bonds is 3. The van der Waals surface area contributed by atoms with Gasteiger partial charge in [-0.3, -0.25) is 0 Å². The van der Waals surface area contributed by atoms with Crippen molar-refractivity contribution in [1.29, 1.82) is 0 Å². The summed E-state index contributed by atoms with van der Waals surface area (Å²) in [6.07, 6.45) is 1.80. The third kappa shape index (κ3) is 2.19. The summed E-state index contributed by atoms with van der Waals surface area (Å²) in [5.41, 5.74) is 7.52. The van der Waals surface area contributed by atoms with Crippen molar-refractivity contribution in [1.82, 2.24) is 20.2 Å². The van der Waals surface area contributed by atoms with Gasteiger partial charge in [-0.05, 0) is 22.4 Å². The van der Waals surface area contributed by atoms with E-state index >= 15 is 0 Å². The topological polar surface area (TPSA) is 69.6 Å². The highest BCUT2D eigenvalue weighted by Gasteiger charge is 1.99. The van der Waals surface area contributed by atoms with Gasteiger partial charge < -0.3 is 5.73 Å². The largest absolute Gasteiger partial charge is 0.365 e. The molecule has 0 aliphatic carbocycles. The quantitative estimate of drug-likeness (QED) is 0.802. The van der Waals surface area contributed by atoms with Gasteiger partial charge in [0.2, 0.25) is 0 Å². The van der Waals surface area contributed by atoms with Crippen LogP contribution in [0.2, 0.25) is 0 Å². The summed E-state index contributed by atoms with van der Waals surface area (Å²) in [6.45, 7) is 4.27. The van der Waals surface area contributed by atoms with E-state index < -0.39 is 0 Å². The third-order valence-corrected chi connectivity index (χ3v) is 1.98. The van der Waals surface area contributed by atoms with Crippen molar-refractivity contribution in [3.63, 3.8) is 0 Å². The molecule has 1 aromatic heterocycles. The minimum atomic E-state index is 0.190. The number of nitrogens with two attached hydrogens (primary N) is 1. The smallest absolute Gasteiger partial charge is 0.260 e. The van der Waals surface area contributed by atoms with Gasteiger partial charge in [-0.2, -0.15) is 4.80 Å². The zero-order chi connectivity index (χ0) is 10.7. The Kier molecular flexibility index (Phi) is 2.45. The van der Waals surface area contributed by atoms with E-state index in [0.717, 1.165) is 11.1 Å². The van der Waals surface area contributed by atoms with E-state index in [0.29, 0.717) is 6.54 Å². The zero-order valence-electron chi connectivity index (χ0n) is 8.17. The van der Waals surface area contributed by atoms with E-state index in [4.69, 9.17) is 5.73 Å². The average molecular weight is 201 g/mol. The Bertz CT molecular complexity index is 474. The molecule has 2 N–H and O–H groups in total. The summed E-state index contributed by atoms with van der Waals surface area (Å²) in [5.74, 6) is 0.190. The lowest BCUT2D eigenvalue weighted by atomic mass is 10.1. The van der Waals surface area contributed by atoms with Crippen LogP contribution in [0.3, 0.4) is 0 Å². The molecule has 0 aliphatic heterocycles. The highest BCUT2D eigenvalue weighted by Crippen LogP contribution is 2.07. The molecule has 2 aromatic rings. The van der Waals surface area contributed by atoms with E-state index in [2.05, 4.69) is 22.0 Å². The molecular formula is C10H11N5. The van der Waals surface area contributed by atoms with Crippen molar-refractivity contribution in [3.8, 4) is 0 Å². The summed E-state index contributed by atoms with van der Waals surface area (Å²) in [4.78, 5) is 1.46. The minimum absolute atomic E-state index is 0.190. The Morgan fingerprint density at radius 2 is 2.33 bits per heavy atom. The first-order valence-electron chi connectivity index (χ1n) is 4.52. The molecule has 0 unspecified atom stereocenters. The molecule has 2 rings (SSSR count). The van der Waals surface area contributed by atoms with Crippen LogP contribution in [0.25, 0.3) is 6.08 Å². The molecule has 5 nitrogen and oxygen atoms in total. The predicted octanol–water partition coefficient (Wildman–Crippen LogP) is 0.947. The number of tetrazole rings is 1. The lowest BCUT2D eigenvalue weighted by molar-refractivity contribution is 0.573. The molecule has 0 aliphatic rings. The first-order valence-corrected chi connectivity index (χ1v) is 4.52. The van der Waals surface area contributed by atoms with Crippen LogP contribution < -0.4 is 5.73 Å². The molecule has 15 heavy (non-hydrogen) atoms. The van der Waals surface area contributed by atoms with Gasteiger partial charge in [-0.15, -0.1) is 5.10 Å². The summed E-state index contributed by atoms with van der Waals surface area (Å²) in [5, 5.41) is 11.3. The van der Waals surface area contributed by atoms with Crippen LogP contribution in [0, 0.1) is 0 Å². The summed E-state index contributed by atoms with van der Waals surface area (Å²) in [7, 11) is 0. The van der Waals surface area contributed by atoms with Crippen molar-refractivity contribution in [2.45, 2.75) is 6.54 Å². The fraction of sp³-hybridized carbons (Fsp3) is 0.100. The number of hydrogen-bond acceptors (Lipinski definition) is 4. The first kappa shape index (κ1) is 9.39. The Hall–Kier alpha value is -2.17. The second-order valence-electron chi connectivity index (χ2n) is 3.13. The molecule has 1 heterocycles. The molecular weight excluding hydrogens is 190 g/mol. The Morgan fingerprint density at radius 3 is 3.00 bits per heavy atom. The Labute approximate surface area is 87.2 Å². The molecule has 0 saturated heterocycles. The maximum Gasteiger partial charge on any atom is 0.260 e. The fourth-order valence-corrected chi connectivity index (χ4v) is 1.30. The first-order chi connectivity index (χ1) is 7.28. The maximum absolute atomic E-state index is 5.37. The standard InChI is InChI=1S/C10H11N5/c1-2-8-4-3-5-9(6-8)7-15-13-10(11)12-14-15/h2-6H,1,7H2,(H2,11,13). The molecule has 0 spiro atoms. The normalized spacial score (nSPS) is 10.1. The molecule has 0 bridgehead atoms. The Morgan fingerprint density at radius 1 is 1.47 bits per heavy atom. The average Bonchev–Trinajstić information content (AvgIpc) is 2.64.